The Morgan fingerprint density at radius 3 is 2.75 bits per heavy atom. The molecule has 1 aromatic rings. The Morgan fingerprint density at radius 1 is 1.50 bits per heavy atom. The molecule has 16 heavy (non-hydrogen) atoms. The molecule has 2 atom stereocenters. The zero-order chi connectivity index (χ0) is 11.7. The van der Waals surface area contributed by atoms with Crippen molar-refractivity contribution in [1.29, 1.82) is 5.26 Å². The molecule has 0 bridgehead atoms. The number of amides is 1. The summed E-state index contributed by atoms with van der Waals surface area (Å²) in [7, 11) is 0. The number of nitrogens with zero attached hydrogens (tertiary/aromatic N) is 2. The number of nitrogens with two attached hydrogens (primary N) is 1. The smallest absolute Gasteiger partial charge is 0.228 e. The molecule has 0 aromatic heterocycles. The molecule has 4 nitrogen and oxygen atoms in total. The lowest BCUT2D eigenvalue weighted by molar-refractivity contribution is -0.117. The van der Waals surface area contributed by atoms with Crippen LogP contribution in [0.25, 0.3) is 0 Å². The molecule has 82 valence electrons. The fourth-order valence-corrected chi connectivity index (χ4v) is 2.02. The van der Waals surface area contributed by atoms with E-state index >= 15 is 0 Å². The van der Waals surface area contributed by atoms with Gasteiger partial charge < -0.3 is 10.6 Å². The number of anilines is 1. The summed E-state index contributed by atoms with van der Waals surface area (Å²) in [5.74, 6) is -0.0114. The molecule has 1 aliphatic heterocycles. The van der Waals surface area contributed by atoms with Crippen molar-refractivity contribution in [3.8, 4) is 6.07 Å². The Balaban J connectivity index is 2.45. The molecule has 1 heterocycles. The lowest BCUT2D eigenvalue weighted by Gasteiger charge is -2.24. The number of hydrogen-bond donors (Lipinski definition) is 1. The predicted octanol–water partition coefficient (Wildman–Crippen LogP) is 1.01. The Labute approximate surface area is 94.3 Å². The van der Waals surface area contributed by atoms with Crippen LogP contribution in [0, 0.1) is 11.3 Å². The maximum atomic E-state index is 11.8. The van der Waals surface area contributed by atoms with E-state index in [9.17, 15) is 4.79 Å². The van der Waals surface area contributed by atoms with Crippen LogP contribution in [0.3, 0.4) is 0 Å². The minimum absolute atomic E-state index is 0.0114. The highest BCUT2D eigenvalue weighted by Crippen LogP contribution is 2.28. The van der Waals surface area contributed by atoms with Gasteiger partial charge in [0.15, 0.2) is 0 Å². The standard InChI is InChI=1S/C12H13N3O/c1-8-10(14)6-12(16)15(8)11-5-3-2-4-9(11)7-13/h2-5,8,10H,6,14H2,1H3. The first kappa shape index (κ1) is 10.7. The fourth-order valence-electron chi connectivity index (χ4n) is 2.02. The van der Waals surface area contributed by atoms with Gasteiger partial charge in [-0.2, -0.15) is 5.26 Å². The van der Waals surface area contributed by atoms with Gasteiger partial charge in [-0.25, -0.2) is 0 Å². The third-order valence-corrected chi connectivity index (χ3v) is 2.99. The molecule has 0 aliphatic carbocycles. The zero-order valence-electron chi connectivity index (χ0n) is 9.05. The van der Waals surface area contributed by atoms with Crippen LogP contribution in [-0.2, 0) is 4.79 Å². The minimum atomic E-state index is -0.153. The van der Waals surface area contributed by atoms with Crippen molar-refractivity contribution >= 4 is 11.6 Å². The van der Waals surface area contributed by atoms with Crippen molar-refractivity contribution in [1.82, 2.24) is 0 Å². The number of hydrogen-bond acceptors (Lipinski definition) is 3. The SMILES string of the molecule is CC1C(N)CC(=O)N1c1ccccc1C#N. The maximum absolute atomic E-state index is 11.8. The molecule has 0 spiro atoms. The molecule has 1 amide bonds. The average molecular weight is 215 g/mol. The highest BCUT2D eigenvalue weighted by atomic mass is 16.2. The summed E-state index contributed by atoms with van der Waals surface area (Å²) in [6.45, 7) is 1.91. The number of para-hydroxylation sites is 1. The van der Waals surface area contributed by atoms with E-state index < -0.39 is 0 Å². The number of carbonyl (C=O) groups excluding carboxylic acids is 1. The molecule has 1 saturated heterocycles. The lowest BCUT2D eigenvalue weighted by Crippen LogP contribution is -2.38. The van der Waals surface area contributed by atoms with Crippen LogP contribution in [-0.4, -0.2) is 18.0 Å². The van der Waals surface area contributed by atoms with Crippen molar-refractivity contribution in [3.63, 3.8) is 0 Å². The Hall–Kier alpha value is -1.86. The molecule has 2 rings (SSSR count). The number of carbonyl (C=O) groups is 1. The third kappa shape index (κ3) is 1.55. The first-order valence-corrected chi connectivity index (χ1v) is 5.22. The Bertz CT molecular complexity index is 464. The van der Waals surface area contributed by atoms with E-state index in [2.05, 4.69) is 6.07 Å². The predicted molar refractivity (Wildman–Crippen MR) is 60.7 cm³/mol. The van der Waals surface area contributed by atoms with Gasteiger partial charge in [-0.15, -0.1) is 0 Å². The van der Waals surface area contributed by atoms with Crippen LogP contribution < -0.4 is 10.6 Å². The van der Waals surface area contributed by atoms with Gasteiger partial charge in [-0.3, -0.25) is 4.79 Å². The average Bonchev–Trinajstić information content (AvgIpc) is 2.53. The molecule has 1 aliphatic rings. The second-order valence-corrected chi connectivity index (χ2v) is 4.00. The molecule has 2 unspecified atom stereocenters. The quantitative estimate of drug-likeness (QED) is 0.760. The van der Waals surface area contributed by atoms with Crippen molar-refractivity contribution in [2.75, 3.05) is 4.90 Å². The normalized spacial score (nSPS) is 24.6. The van der Waals surface area contributed by atoms with Gasteiger partial charge in [-0.05, 0) is 19.1 Å². The van der Waals surface area contributed by atoms with Gasteiger partial charge in [0.2, 0.25) is 5.91 Å². The first-order chi connectivity index (χ1) is 7.65. The van der Waals surface area contributed by atoms with Crippen molar-refractivity contribution in [2.45, 2.75) is 25.4 Å². The van der Waals surface area contributed by atoms with E-state index in [1.807, 2.05) is 13.0 Å². The second kappa shape index (κ2) is 3.95. The van der Waals surface area contributed by atoms with Gasteiger partial charge in [-0.1, -0.05) is 12.1 Å². The third-order valence-electron chi connectivity index (χ3n) is 2.99. The number of nitriles is 1. The Kier molecular flexibility index (Phi) is 2.63. The van der Waals surface area contributed by atoms with Crippen molar-refractivity contribution in [3.05, 3.63) is 29.8 Å². The van der Waals surface area contributed by atoms with E-state index in [0.717, 1.165) is 0 Å². The van der Waals surface area contributed by atoms with E-state index in [1.54, 1.807) is 23.1 Å². The number of benzene rings is 1. The minimum Gasteiger partial charge on any atom is -0.325 e. The summed E-state index contributed by atoms with van der Waals surface area (Å²) in [4.78, 5) is 13.4. The Morgan fingerprint density at radius 2 is 2.19 bits per heavy atom. The molecule has 4 heteroatoms. The van der Waals surface area contributed by atoms with Crippen LogP contribution in [0.15, 0.2) is 24.3 Å². The highest BCUT2D eigenvalue weighted by molar-refractivity contribution is 5.98. The molecule has 2 N–H and O–H groups in total. The van der Waals surface area contributed by atoms with Gasteiger partial charge >= 0.3 is 0 Å². The largest absolute Gasteiger partial charge is 0.325 e. The molecule has 1 fully saturated rings. The summed E-state index contributed by atoms with van der Waals surface area (Å²) in [5.41, 5.74) is 7.02. The molecule has 0 radical (unpaired) electrons. The van der Waals surface area contributed by atoms with Crippen LogP contribution in [0.1, 0.15) is 18.9 Å². The van der Waals surface area contributed by atoms with E-state index in [-0.39, 0.29) is 18.0 Å². The topological polar surface area (TPSA) is 70.1 Å². The van der Waals surface area contributed by atoms with Crippen molar-refractivity contribution < 1.29 is 4.79 Å². The monoisotopic (exact) mass is 215 g/mol. The van der Waals surface area contributed by atoms with E-state index in [4.69, 9.17) is 11.0 Å². The molecule has 0 saturated carbocycles. The van der Waals surface area contributed by atoms with Crippen LogP contribution >= 0.6 is 0 Å². The zero-order valence-corrected chi connectivity index (χ0v) is 9.05. The van der Waals surface area contributed by atoms with Gasteiger partial charge in [0.25, 0.3) is 0 Å². The van der Waals surface area contributed by atoms with Crippen LogP contribution in [0.4, 0.5) is 5.69 Å². The van der Waals surface area contributed by atoms with Crippen LogP contribution in [0.5, 0.6) is 0 Å². The lowest BCUT2D eigenvalue weighted by atomic mass is 10.1. The van der Waals surface area contributed by atoms with E-state index in [1.165, 1.54) is 0 Å². The van der Waals surface area contributed by atoms with Crippen molar-refractivity contribution in [2.24, 2.45) is 5.73 Å². The molecule has 1 aromatic carbocycles. The van der Waals surface area contributed by atoms with Crippen LogP contribution in [0.2, 0.25) is 0 Å². The number of rotatable bonds is 1. The summed E-state index contributed by atoms with van der Waals surface area (Å²) in [6, 6.07) is 8.98. The van der Waals surface area contributed by atoms with Gasteiger partial charge in [0, 0.05) is 18.5 Å². The molecular formula is C12H13N3O. The summed E-state index contributed by atoms with van der Waals surface area (Å²) >= 11 is 0. The second-order valence-electron chi connectivity index (χ2n) is 4.00. The maximum Gasteiger partial charge on any atom is 0.228 e. The van der Waals surface area contributed by atoms with E-state index in [0.29, 0.717) is 17.7 Å². The van der Waals surface area contributed by atoms with Gasteiger partial charge in [0.1, 0.15) is 6.07 Å². The highest BCUT2D eigenvalue weighted by Gasteiger charge is 2.36. The summed E-state index contributed by atoms with van der Waals surface area (Å²) < 4.78 is 0. The fraction of sp³-hybridized carbons (Fsp3) is 0.333. The first-order valence-electron chi connectivity index (χ1n) is 5.22. The van der Waals surface area contributed by atoms with Gasteiger partial charge in [0.05, 0.1) is 11.3 Å². The summed E-state index contributed by atoms with van der Waals surface area (Å²) in [6.07, 6.45) is 0.348. The summed E-state index contributed by atoms with van der Waals surface area (Å²) in [5, 5.41) is 9.00. The molecular weight excluding hydrogens is 202 g/mol.